The van der Waals surface area contributed by atoms with Crippen molar-refractivity contribution in [3.8, 4) is 0 Å². The van der Waals surface area contributed by atoms with E-state index in [0.29, 0.717) is 13.0 Å². The molecule has 0 aliphatic carbocycles. The maximum atomic E-state index is 12.0. The summed E-state index contributed by atoms with van der Waals surface area (Å²) in [6.45, 7) is 6.69. The molecule has 7 heteroatoms. The highest BCUT2D eigenvalue weighted by molar-refractivity contribution is 7.89. The summed E-state index contributed by atoms with van der Waals surface area (Å²) in [5.41, 5.74) is 0.983. The van der Waals surface area contributed by atoms with Gasteiger partial charge in [0.25, 0.3) is 0 Å². The standard InChI is InChI=1S/C15H27N3O2S2/c1-3-6-13(2)12-22(19,20)16-8-7-14-11-21-15(17-14)18-9-4-5-10-18/h11,13,16H,3-10,12H2,1-2H3/t13-/m0/s1. The molecule has 0 aromatic carbocycles. The first-order valence-corrected chi connectivity index (χ1v) is 10.7. The minimum absolute atomic E-state index is 0.212. The topological polar surface area (TPSA) is 62.3 Å². The van der Waals surface area contributed by atoms with Crippen molar-refractivity contribution in [2.45, 2.75) is 46.0 Å². The zero-order valence-electron chi connectivity index (χ0n) is 13.5. The molecule has 1 aromatic rings. The Bertz CT molecular complexity index is 551. The number of thiazole rings is 1. The van der Waals surface area contributed by atoms with Gasteiger partial charge in [0.05, 0.1) is 11.4 Å². The van der Waals surface area contributed by atoms with Gasteiger partial charge in [-0.1, -0.05) is 20.3 Å². The molecule has 1 aliphatic heterocycles. The first-order chi connectivity index (χ1) is 10.5. The van der Waals surface area contributed by atoms with Gasteiger partial charge in [0, 0.05) is 31.4 Å². The summed E-state index contributed by atoms with van der Waals surface area (Å²) >= 11 is 1.66. The Kier molecular flexibility index (Phi) is 6.65. The zero-order chi connectivity index (χ0) is 16.0. The van der Waals surface area contributed by atoms with Crippen LogP contribution in [-0.4, -0.2) is 38.8 Å². The van der Waals surface area contributed by atoms with Gasteiger partial charge in [-0.3, -0.25) is 0 Å². The van der Waals surface area contributed by atoms with Crippen LogP contribution in [-0.2, 0) is 16.4 Å². The van der Waals surface area contributed by atoms with E-state index >= 15 is 0 Å². The largest absolute Gasteiger partial charge is 0.348 e. The zero-order valence-corrected chi connectivity index (χ0v) is 15.2. The lowest BCUT2D eigenvalue weighted by atomic mass is 10.1. The van der Waals surface area contributed by atoms with E-state index in [1.165, 1.54) is 12.8 Å². The lowest BCUT2D eigenvalue weighted by Gasteiger charge is -2.12. The molecule has 0 unspecified atom stereocenters. The van der Waals surface area contributed by atoms with Crippen LogP contribution in [0.1, 0.15) is 45.2 Å². The number of nitrogens with zero attached hydrogens (tertiary/aromatic N) is 2. The summed E-state index contributed by atoms with van der Waals surface area (Å²) in [7, 11) is -3.17. The average Bonchev–Trinajstić information content (AvgIpc) is 3.08. The molecular formula is C15H27N3O2S2. The summed E-state index contributed by atoms with van der Waals surface area (Å²) in [5, 5.41) is 3.12. The molecule has 0 bridgehead atoms. The third-order valence-electron chi connectivity index (χ3n) is 3.90. The lowest BCUT2D eigenvalue weighted by Crippen LogP contribution is -2.30. The fourth-order valence-corrected chi connectivity index (χ4v) is 5.17. The van der Waals surface area contributed by atoms with Gasteiger partial charge in [-0.15, -0.1) is 11.3 Å². The quantitative estimate of drug-likeness (QED) is 0.747. The van der Waals surface area contributed by atoms with Gasteiger partial charge in [0.2, 0.25) is 10.0 Å². The summed E-state index contributed by atoms with van der Waals surface area (Å²) in [5.74, 6) is 0.431. The van der Waals surface area contributed by atoms with Crippen LogP contribution in [0.4, 0.5) is 5.13 Å². The van der Waals surface area contributed by atoms with Crippen molar-refractivity contribution >= 4 is 26.5 Å². The molecule has 0 radical (unpaired) electrons. The molecule has 1 atom stereocenters. The van der Waals surface area contributed by atoms with E-state index in [9.17, 15) is 8.42 Å². The molecule has 126 valence electrons. The van der Waals surface area contributed by atoms with Gasteiger partial charge in [0.1, 0.15) is 0 Å². The number of aromatic nitrogens is 1. The minimum Gasteiger partial charge on any atom is -0.348 e. The SMILES string of the molecule is CCC[C@H](C)CS(=O)(=O)NCCc1csc(N2CCCC2)n1. The van der Waals surface area contributed by atoms with Crippen molar-refractivity contribution in [2.75, 3.05) is 30.3 Å². The Morgan fingerprint density at radius 2 is 2.14 bits per heavy atom. The van der Waals surface area contributed by atoms with E-state index in [-0.39, 0.29) is 11.7 Å². The van der Waals surface area contributed by atoms with Crippen LogP contribution in [0.15, 0.2) is 5.38 Å². The molecule has 1 fully saturated rings. The van der Waals surface area contributed by atoms with Crippen molar-refractivity contribution in [3.05, 3.63) is 11.1 Å². The number of nitrogens with one attached hydrogen (secondary N) is 1. The fraction of sp³-hybridized carbons (Fsp3) is 0.800. The Hall–Kier alpha value is -0.660. The highest BCUT2D eigenvalue weighted by Crippen LogP contribution is 2.24. The van der Waals surface area contributed by atoms with Crippen LogP contribution in [0.2, 0.25) is 0 Å². The molecule has 0 saturated carbocycles. The molecule has 2 rings (SSSR count). The van der Waals surface area contributed by atoms with E-state index in [0.717, 1.165) is 36.8 Å². The Balaban J connectivity index is 1.76. The molecule has 1 N–H and O–H groups in total. The summed E-state index contributed by atoms with van der Waals surface area (Å²) in [6.07, 6.45) is 5.11. The van der Waals surface area contributed by atoms with E-state index in [4.69, 9.17) is 0 Å². The van der Waals surface area contributed by atoms with Gasteiger partial charge in [0.15, 0.2) is 5.13 Å². The smallest absolute Gasteiger partial charge is 0.211 e. The van der Waals surface area contributed by atoms with Crippen LogP contribution < -0.4 is 9.62 Å². The predicted molar refractivity (Wildman–Crippen MR) is 93.1 cm³/mol. The van der Waals surface area contributed by atoms with Gasteiger partial charge >= 0.3 is 0 Å². The van der Waals surface area contributed by atoms with E-state index < -0.39 is 10.0 Å². The van der Waals surface area contributed by atoms with Crippen molar-refractivity contribution < 1.29 is 8.42 Å². The van der Waals surface area contributed by atoms with E-state index in [2.05, 4.69) is 21.5 Å². The van der Waals surface area contributed by atoms with Crippen molar-refractivity contribution in [1.82, 2.24) is 9.71 Å². The second kappa shape index (κ2) is 8.26. The Morgan fingerprint density at radius 1 is 1.41 bits per heavy atom. The molecular weight excluding hydrogens is 318 g/mol. The number of hydrogen-bond acceptors (Lipinski definition) is 5. The van der Waals surface area contributed by atoms with Gasteiger partial charge < -0.3 is 4.90 Å². The highest BCUT2D eigenvalue weighted by Gasteiger charge is 2.17. The predicted octanol–water partition coefficient (Wildman–Crippen LogP) is 2.64. The van der Waals surface area contributed by atoms with Crippen LogP contribution in [0.5, 0.6) is 0 Å². The summed E-state index contributed by atoms with van der Waals surface area (Å²) in [6, 6.07) is 0. The molecule has 22 heavy (non-hydrogen) atoms. The Morgan fingerprint density at radius 3 is 2.82 bits per heavy atom. The van der Waals surface area contributed by atoms with Crippen molar-refractivity contribution in [2.24, 2.45) is 5.92 Å². The molecule has 2 heterocycles. The van der Waals surface area contributed by atoms with Crippen LogP contribution in [0.25, 0.3) is 0 Å². The number of rotatable bonds is 9. The average molecular weight is 346 g/mol. The molecule has 1 aromatic heterocycles. The molecule has 1 aliphatic rings. The van der Waals surface area contributed by atoms with Crippen LogP contribution >= 0.6 is 11.3 Å². The van der Waals surface area contributed by atoms with Crippen molar-refractivity contribution in [1.29, 1.82) is 0 Å². The third-order valence-corrected chi connectivity index (χ3v) is 6.51. The lowest BCUT2D eigenvalue weighted by molar-refractivity contribution is 0.536. The molecule has 1 saturated heterocycles. The minimum atomic E-state index is -3.17. The van der Waals surface area contributed by atoms with Gasteiger partial charge in [-0.25, -0.2) is 18.1 Å². The monoisotopic (exact) mass is 345 g/mol. The van der Waals surface area contributed by atoms with Gasteiger partial charge in [-0.2, -0.15) is 0 Å². The Labute approximate surface area is 138 Å². The van der Waals surface area contributed by atoms with E-state index in [1.807, 2.05) is 12.3 Å². The highest BCUT2D eigenvalue weighted by atomic mass is 32.2. The fourth-order valence-electron chi connectivity index (χ4n) is 2.81. The van der Waals surface area contributed by atoms with Crippen molar-refractivity contribution in [3.63, 3.8) is 0 Å². The van der Waals surface area contributed by atoms with Crippen LogP contribution in [0, 0.1) is 5.92 Å². The maximum Gasteiger partial charge on any atom is 0.211 e. The molecule has 0 spiro atoms. The second-order valence-corrected chi connectivity index (χ2v) is 8.82. The second-order valence-electron chi connectivity index (χ2n) is 6.14. The first-order valence-electron chi connectivity index (χ1n) is 8.17. The molecule has 5 nitrogen and oxygen atoms in total. The number of anilines is 1. The normalized spacial score (nSPS) is 17.1. The summed E-state index contributed by atoms with van der Waals surface area (Å²) < 4.78 is 26.7. The first kappa shape index (κ1) is 17.7. The third kappa shape index (κ3) is 5.52. The number of sulfonamides is 1. The maximum absolute atomic E-state index is 12.0. The molecule has 0 amide bonds. The van der Waals surface area contributed by atoms with Crippen LogP contribution in [0.3, 0.4) is 0 Å². The number of hydrogen-bond donors (Lipinski definition) is 1. The summed E-state index contributed by atoms with van der Waals surface area (Å²) in [4.78, 5) is 6.92. The van der Waals surface area contributed by atoms with E-state index in [1.54, 1.807) is 11.3 Å². The van der Waals surface area contributed by atoms with Gasteiger partial charge in [-0.05, 0) is 25.2 Å².